The van der Waals surface area contributed by atoms with Gasteiger partial charge in [-0.05, 0) is 13.8 Å². The fraction of sp³-hybridized carbons (Fsp3) is 0.444. The van der Waals surface area contributed by atoms with Crippen LogP contribution >= 0.6 is 0 Å². The SMILES string of the molecule is CC1=Nc2c([nH]c(=O)[nH]c2=O)N(C)C1C. The number of fused-ring (bicyclic) bond motifs is 1. The number of hydrogen-bond acceptors (Lipinski definition) is 4. The van der Waals surface area contributed by atoms with Crippen LogP contribution in [0.15, 0.2) is 14.6 Å². The maximum atomic E-state index is 11.5. The van der Waals surface area contributed by atoms with Gasteiger partial charge < -0.3 is 4.90 Å². The number of H-pyrrole nitrogens is 2. The van der Waals surface area contributed by atoms with Crippen molar-refractivity contribution in [3.05, 3.63) is 20.8 Å². The molecule has 0 radical (unpaired) electrons. The number of nitrogens with one attached hydrogen (secondary N) is 2. The van der Waals surface area contributed by atoms with E-state index in [0.29, 0.717) is 5.82 Å². The van der Waals surface area contributed by atoms with Gasteiger partial charge in [0.1, 0.15) is 5.82 Å². The first kappa shape index (κ1) is 9.70. The van der Waals surface area contributed by atoms with Crippen molar-refractivity contribution in [2.45, 2.75) is 19.9 Å². The topological polar surface area (TPSA) is 81.3 Å². The van der Waals surface area contributed by atoms with Crippen molar-refractivity contribution in [2.24, 2.45) is 4.99 Å². The van der Waals surface area contributed by atoms with Crippen molar-refractivity contribution in [3.8, 4) is 0 Å². The Kier molecular flexibility index (Phi) is 1.99. The van der Waals surface area contributed by atoms with Gasteiger partial charge in [-0.2, -0.15) is 0 Å². The zero-order valence-corrected chi connectivity index (χ0v) is 8.79. The van der Waals surface area contributed by atoms with Gasteiger partial charge in [0, 0.05) is 12.8 Å². The summed E-state index contributed by atoms with van der Waals surface area (Å²) in [6.45, 7) is 3.82. The Labute approximate surface area is 85.7 Å². The summed E-state index contributed by atoms with van der Waals surface area (Å²) < 4.78 is 0. The van der Waals surface area contributed by atoms with Crippen molar-refractivity contribution >= 4 is 17.2 Å². The Morgan fingerprint density at radius 2 is 2.00 bits per heavy atom. The van der Waals surface area contributed by atoms with E-state index in [0.717, 1.165) is 5.71 Å². The smallest absolute Gasteiger partial charge is 0.327 e. The second kappa shape index (κ2) is 3.08. The molecule has 0 bridgehead atoms. The van der Waals surface area contributed by atoms with E-state index in [-0.39, 0.29) is 11.7 Å². The summed E-state index contributed by atoms with van der Waals surface area (Å²) in [5, 5.41) is 0. The van der Waals surface area contributed by atoms with Gasteiger partial charge >= 0.3 is 5.69 Å². The van der Waals surface area contributed by atoms with Gasteiger partial charge in [0.05, 0.1) is 6.04 Å². The molecular weight excluding hydrogens is 196 g/mol. The summed E-state index contributed by atoms with van der Waals surface area (Å²) in [5.74, 6) is 0.474. The van der Waals surface area contributed by atoms with E-state index in [1.807, 2.05) is 25.8 Å². The summed E-state index contributed by atoms with van der Waals surface area (Å²) >= 11 is 0. The highest BCUT2D eigenvalue weighted by atomic mass is 16.2. The molecule has 2 rings (SSSR count). The minimum absolute atomic E-state index is 0.0787. The van der Waals surface area contributed by atoms with Crippen LogP contribution in [0, 0.1) is 0 Å². The first-order chi connectivity index (χ1) is 7.00. The predicted octanol–water partition coefficient (Wildman–Crippen LogP) is -0.00610. The van der Waals surface area contributed by atoms with Gasteiger partial charge in [-0.25, -0.2) is 9.79 Å². The Hall–Kier alpha value is -1.85. The Morgan fingerprint density at radius 1 is 1.33 bits per heavy atom. The molecule has 0 aliphatic carbocycles. The van der Waals surface area contributed by atoms with Gasteiger partial charge in [-0.1, -0.05) is 0 Å². The van der Waals surface area contributed by atoms with Crippen LogP contribution in [-0.4, -0.2) is 28.8 Å². The summed E-state index contributed by atoms with van der Waals surface area (Å²) in [6, 6.07) is 0.0787. The fourth-order valence-corrected chi connectivity index (χ4v) is 1.57. The molecule has 1 aromatic rings. The lowest BCUT2D eigenvalue weighted by Crippen LogP contribution is -2.40. The van der Waals surface area contributed by atoms with E-state index < -0.39 is 11.2 Å². The molecule has 0 spiro atoms. The minimum Gasteiger partial charge on any atom is -0.351 e. The molecule has 1 unspecified atom stereocenters. The predicted molar refractivity (Wildman–Crippen MR) is 58.3 cm³/mol. The Morgan fingerprint density at radius 3 is 2.67 bits per heavy atom. The Bertz CT molecular complexity index is 540. The third-order valence-corrected chi connectivity index (χ3v) is 2.72. The third kappa shape index (κ3) is 1.38. The second-order valence-electron chi connectivity index (χ2n) is 3.65. The number of aromatic nitrogens is 2. The zero-order valence-electron chi connectivity index (χ0n) is 8.79. The molecular formula is C9H12N4O2. The van der Waals surface area contributed by atoms with Gasteiger partial charge in [-0.3, -0.25) is 14.8 Å². The van der Waals surface area contributed by atoms with Crippen LogP contribution in [0.4, 0.5) is 11.5 Å². The lowest BCUT2D eigenvalue weighted by Gasteiger charge is -2.30. The maximum absolute atomic E-state index is 11.5. The molecule has 1 aromatic heterocycles. The summed E-state index contributed by atoms with van der Waals surface area (Å²) in [4.78, 5) is 33.3. The largest absolute Gasteiger partial charge is 0.351 e. The third-order valence-electron chi connectivity index (χ3n) is 2.72. The number of nitrogens with zero attached hydrogens (tertiary/aromatic N) is 2. The first-order valence-corrected chi connectivity index (χ1v) is 4.65. The molecule has 1 aliphatic rings. The number of aromatic amines is 2. The molecule has 0 aromatic carbocycles. The van der Waals surface area contributed by atoms with Crippen LogP contribution in [0.5, 0.6) is 0 Å². The van der Waals surface area contributed by atoms with Gasteiger partial charge in [0.25, 0.3) is 5.56 Å². The molecule has 80 valence electrons. The van der Waals surface area contributed by atoms with E-state index in [1.54, 1.807) is 0 Å². The number of aliphatic imine (C=N–C) groups is 1. The molecule has 0 amide bonds. The van der Waals surface area contributed by atoms with Crippen LogP contribution in [-0.2, 0) is 0 Å². The standard InChI is InChI=1S/C9H12N4O2/c1-4-5(2)13(3)7-6(10-4)8(14)12-9(15)11-7/h5H,1-3H3,(H2,11,12,14,15). The van der Waals surface area contributed by atoms with Gasteiger partial charge in [0.2, 0.25) is 0 Å². The van der Waals surface area contributed by atoms with Crippen molar-refractivity contribution in [2.75, 3.05) is 11.9 Å². The molecule has 6 heteroatoms. The normalized spacial score (nSPS) is 19.8. The molecule has 0 saturated heterocycles. The number of rotatable bonds is 0. The van der Waals surface area contributed by atoms with Crippen LogP contribution in [0.1, 0.15) is 13.8 Å². The molecule has 1 atom stereocenters. The van der Waals surface area contributed by atoms with Gasteiger partial charge in [-0.15, -0.1) is 0 Å². The molecule has 1 aliphatic heterocycles. The monoisotopic (exact) mass is 208 g/mol. The van der Waals surface area contributed by atoms with E-state index >= 15 is 0 Å². The average Bonchev–Trinajstić information content (AvgIpc) is 2.17. The summed E-state index contributed by atoms with van der Waals surface area (Å²) in [7, 11) is 1.82. The molecule has 0 saturated carbocycles. The van der Waals surface area contributed by atoms with Crippen molar-refractivity contribution in [1.29, 1.82) is 0 Å². The second-order valence-corrected chi connectivity index (χ2v) is 3.65. The van der Waals surface area contributed by atoms with Crippen molar-refractivity contribution < 1.29 is 0 Å². The average molecular weight is 208 g/mol. The van der Waals surface area contributed by atoms with E-state index in [9.17, 15) is 9.59 Å². The lowest BCUT2D eigenvalue weighted by atomic mass is 10.1. The Balaban J connectivity index is 2.78. The highest BCUT2D eigenvalue weighted by molar-refractivity contribution is 5.95. The van der Waals surface area contributed by atoms with Crippen LogP contribution < -0.4 is 16.1 Å². The summed E-state index contributed by atoms with van der Waals surface area (Å²) in [5.41, 5.74) is 0.162. The van der Waals surface area contributed by atoms with Crippen LogP contribution in [0.3, 0.4) is 0 Å². The molecule has 2 heterocycles. The highest BCUT2D eigenvalue weighted by Gasteiger charge is 2.24. The van der Waals surface area contributed by atoms with Crippen molar-refractivity contribution in [1.82, 2.24) is 9.97 Å². The van der Waals surface area contributed by atoms with Crippen LogP contribution in [0.2, 0.25) is 0 Å². The first-order valence-electron chi connectivity index (χ1n) is 4.65. The zero-order chi connectivity index (χ0) is 11.2. The number of anilines is 1. The van der Waals surface area contributed by atoms with E-state index in [2.05, 4.69) is 15.0 Å². The molecule has 2 N–H and O–H groups in total. The fourth-order valence-electron chi connectivity index (χ4n) is 1.57. The highest BCUT2D eigenvalue weighted by Crippen LogP contribution is 2.26. The quantitative estimate of drug-likeness (QED) is 0.629. The number of hydrogen-bond donors (Lipinski definition) is 2. The van der Waals surface area contributed by atoms with Gasteiger partial charge in [0.15, 0.2) is 5.69 Å². The van der Waals surface area contributed by atoms with E-state index in [4.69, 9.17) is 0 Å². The molecule has 0 fully saturated rings. The molecule has 15 heavy (non-hydrogen) atoms. The minimum atomic E-state index is -0.507. The summed E-state index contributed by atoms with van der Waals surface area (Å²) in [6.07, 6.45) is 0. The molecule has 6 nitrogen and oxygen atoms in total. The van der Waals surface area contributed by atoms with E-state index in [1.165, 1.54) is 0 Å². The lowest BCUT2D eigenvalue weighted by molar-refractivity contribution is 0.809. The van der Waals surface area contributed by atoms with Crippen molar-refractivity contribution in [3.63, 3.8) is 0 Å². The maximum Gasteiger partial charge on any atom is 0.327 e. The van der Waals surface area contributed by atoms with Crippen LogP contribution in [0.25, 0.3) is 0 Å².